The van der Waals surface area contributed by atoms with Crippen LogP contribution in [-0.4, -0.2) is 52.4 Å². The molecule has 9 heteroatoms. The predicted octanol–water partition coefficient (Wildman–Crippen LogP) is 1.27. The number of aldehydes is 1. The first-order chi connectivity index (χ1) is 14.9. The van der Waals surface area contributed by atoms with Gasteiger partial charge in [-0.1, -0.05) is 36.0 Å². The minimum absolute atomic E-state index is 0.0274. The number of thioether (sulfide) groups is 1. The van der Waals surface area contributed by atoms with Crippen molar-refractivity contribution in [2.75, 3.05) is 13.7 Å². The van der Waals surface area contributed by atoms with Crippen molar-refractivity contribution in [1.29, 1.82) is 0 Å². The molecule has 0 radical (unpaired) electrons. The van der Waals surface area contributed by atoms with Crippen LogP contribution in [0.3, 0.4) is 0 Å². The summed E-state index contributed by atoms with van der Waals surface area (Å²) in [6.07, 6.45) is 4.31. The van der Waals surface area contributed by atoms with Crippen molar-refractivity contribution in [3.63, 3.8) is 0 Å². The summed E-state index contributed by atoms with van der Waals surface area (Å²) < 4.78 is 7.20. The van der Waals surface area contributed by atoms with Gasteiger partial charge in [-0.05, 0) is 18.1 Å². The van der Waals surface area contributed by atoms with Gasteiger partial charge in [0, 0.05) is 23.1 Å². The lowest BCUT2D eigenvalue weighted by atomic mass is 9.76. The number of carboxylic acids is 1. The number of aliphatic carboxylic acids is 1. The van der Waals surface area contributed by atoms with Gasteiger partial charge in [0.15, 0.2) is 18.5 Å². The van der Waals surface area contributed by atoms with Gasteiger partial charge >= 0.3 is 5.97 Å². The number of pyridine rings is 1. The number of methoxy groups -OCH3 is 1. The molecule has 3 heterocycles. The number of carbonyl (C=O) groups excluding carboxylic acids is 2. The monoisotopic (exact) mass is 441 g/mol. The van der Waals surface area contributed by atoms with Crippen molar-refractivity contribution in [2.45, 2.75) is 18.3 Å². The minimum atomic E-state index is -1.38. The zero-order chi connectivity index (χ0) is 22.2. The number of fused-ring (bicyclic) bond motifs is 1. The van der Waals surface area contributed by atoms with Crippen LogP contribution in [0.25, 0.3) is 4.91 Å². The number of nitrogens with zero attached hydrogens (tertiary/aromatic N) is 2. The normalized spacial score (nSPS) is 22.2. The maximum absolute atomic E-state index is 12.6. The van der Waals surface area contributed by atoms with E-state index in [1.807, 2.05) is 53.4 Å². The zero-order valence-corrected chi connectivity index (χ0v) is 17.5. The summed E-state index contributed by atoms with van der Waals surface area (Å²) >= 11 is 1.18. The Balaban J connectivity index is 1.61. The molecule has 1 saturated heterocycles. The third-order valence-electron chi connectivity index (χ3n) is 5.56. The Morgan fingerprint density at radius 3 is 2.68 bits per heavy atom. The predicted molar refractivity (Wildman–Crippen MR) is 112 cm³/mol. The first kappa shape index (κ1) is 21.1. The molecule has 1 amide bonds. The number of aliphatic hydroxyl groups is 1. The van der Waals surface area contributed by atoms with E-state index in [9.17, 15) is 24.6 Å². The zero-order valence-electron chi connectivity index (χ0n) is 16.7. The van der Waals surface area contributed by atoms with Gasteiger partial charge in [-0.2, -0.15) is 4.57 Å². The maximum atomic E-state index is 12.6. The number of hydrogen-bond acceptors (Lipinski definition) is 6. The van der Waals surface area contributed by atoms with Crippen LogP contribution >= 0.6 is 11.8 Å². The molecule has 0 spiro atoms. The number of aliphatic hydroxyl groups excluding tert-OH is 1. The third-order valence-corrected chi connectivity index (χ3v) is 7.08. The number of rotatable bonds is 8. The van der Waals surface area contributed by atoms with Crippen LogP contribution < -0.4 is 9.30 Å². The number of carboxylic acid groups (broad SMARTS) is 1. The molecule has 2 aliphatic heterocycles. The van der Waals surface area contributed by atoms with Crippen molar-refractivity contribution in [2.24, 2.45) is 5.41 Å². The Hall–Kier alpha value is -3.17. The van der Waals surface area contributed by atoms with Crippen molar-refractivity contribution in [3.05, 3.63) is 65.6 Å². The molecule has 0 bridgehead atoms. The van der Waals surface area contributed by atoms with E-state index in [0.717, 1.165) is 16.2 Å². The maximum Gasteiger partial charge on any atom is 0.353 e. The Bertz CT molecular complexity index is 1080. The van der Waals surface area contributed by atoms with Crippen LogP contribution in [0.4, 0.5) is 0 Å². The second-order valence-electron chi connectivity index (χ2n) is 7.37. The highest BCUT2D eigenvalue weighted by Gasteiger charge is 2.66. The fraction of sp³-hybridized carbons (Fsp3) is 0.273. The van der Waals surface area contributed by atoms with Gasteiger partial charge < -0.3 is 19.7 Å². The SMILES string of the molecule is COc1ccc[n+](Cc2ccc(C3=C(C(=O)O)N4C(=O)[C@@](C=O)(CCO)[C@H]4S3)cc2)c1. The molecule has 0 saturated carbocycles. The van der Waals surface area contributed by atoms with E-state index in [1.54, 1.807) is 7.11 Å². The molecule has 31 heavy (non-hydrogen) atoms. The van der Waals surface area contributed by atoms with Crippen molar-refractivity contribution < 1.29 is 33.9 Å². The average Bonchev–Trinajstić information content (AvgIpc) is 3.16. The van der Waals surface area contributed by atoms with Crippen LogP contribution in [0, 0.1) is 5.41 Å². The van der Waals surface area contributed by atoms with Crippen molar-refractivity contribution in [1.82, 2.24) is 4.90 Å². The molecular formula is C22H21N2O6S+. The van der Waals surface area contributed by atoms with Crippen LogP contribution in [0.15, 0.2) is 54.5 Å². The van der Waals surface area contributed by atoms with Crippen molar-refractivity contribution in [3.8, 4) is 5.75 Å². The molecule has 0 aliphatic carbocycles. The summed E-state index contributed by atoms with van der Waals surface area (Å²) in [6.45, 7) is 0.275. The third kappa shape index (κ3) is 3.39. The smallest absolute Gasteiger partial charge is 0.353 e. The minimum Gasteiger partial charge on any atom is -0.491 e. The Labute approximate surface area is 182 Å². The van der Waals surface area contributed by atoms with Gasteiger partial charge in [0.2, 0.25) is 12.1 Å². The molecule has 4 rings (SSSR count). The molecule has 2 atom stereocenters. The van der Waals surface area contributed by atoms with Gasteiger partial charge in [0.25, 0.3) is 0 Å². The summed E-state index contributed by atoms with van der Waals surface area (Å²) in [5, 5.41) is 18.4. The number of benzene rings is 1. The van der Waals surface area contributed by atoms with Crippen LogP contribution in [-0.2, 0) is 20.9 Å². The molecule has 1 aromatic heterocycles. The fourth-order valence-corrected chi connectivity index (χ4v) is 5.52. The molecule has 8 nitrogen and oxygen atoms in total. The fourth-order valence-electron chi connectivity index (χ4n) is 3.93. The topological polar surface area (TPSA) is 108 Å². The number of aromatic nitrogens is 1. The second kappa shape index (κ2) is 8.16. The number of ether oxygens (including phenoxy) is 1. The van der Waals surface area contributed by atoms with E-state index in [2.05, 4.69) is 0 Å². The molecular weight excluding hydrogens is 420 g/mol. The quantitative estimate of drug-likeness (QED) is 0.275. The van der Waals surface area contributed by atoms with Crippen LogP contribution in [0.2, 0.25) is 0 Å². The number of amides is 1. The van der Waals surface area contributed by atoms with E-state index >= 15 is 0 Å². The molecule has 2 N–H and O–H groups in total. The van der Waals surface area contributed by atoms with E-state index in [4.69, 9.17) is 4.74 Å². The summed E-state index contributed by atoms with van der Waals surface area (Å²) in [7, 11) is 1.61. The summed E-state index contributed by atoms with van der Waals surface area (Å²) in [5.41, 5.74) is 0.160. The lowest BCUT2D eigenvalue weighted by Gasteiger charge is -2.48. The van der Waals surface area contributed by atoms with Gasteiger partial charge in [0.05, 0.1) is 7.11 Å². The Morgan fingerprint density at radius 2 is 2.06 bits per heavy atom. The molecule has 2 aliphatic rings. The van der Waals surface area contributed by atoms with Gasteiger partial charge in [-0.25, -0.2) is 4.79 Å². The number of β-lactam (4-membered cyclic amide) rings is 1. The lowest BCUT2D eigenvalue weighted by Crippen LogP contribution is -2.66. The molecule has 160 valence electrons. The largest absolute Gasteiger partial charge is 0.491 e. The second-order valence-corrected chi connectivity index (χ2v) is 8.46. The Kier molecular flexibility index (Phi) is 5.55. The van der Waals surface area contributed by atoms with E-state index < -0.39 is 22.7 Å². The van der Waals surface area contributed by atoms with Gasteiger partial charge in [0.1, 0.15) is 22.8 Å². The van der Waals surface area contributed by atoms with E-state index in [-0.39, 0.29) is 18.7 Å². The highest BCUT2D eigenvalue weighted by atomic mass is 32.2. The molecule has 1 aromatic carbocycles. The standard InChI is InChI=1S/C22H20N2O6S/c1-30-16-3-2-9-23(12-16)11-14-4-6-15(7-5-14)18-17(19(27)28)24-20(29)22(13-26,8-10-25)21(24)31-18/h2-7,9,12-13,21,25H,8,10-11H2,1H3/p+1/t21-,22+/m1/s1. The first-order valence-electron chi connectivity index (χ1n) is 9.62. The Morgan fingerprint density at radius 1 is 1.32 bits per heavy atom. The van der Waals surface area contributed by atoms with E-state index in [0.29, 0.717) is 23.3 Å². The van der Waals surface area contributed by atoms with Gasteiger partial charge in [-0.3, -0.25) is 9.69 Å². The van der Waals surface area contributed by atoms with Crippen LogP contribution in [0.5, 0.6) is 5.75 Å². The molecule has 1 fully saturated rings. The van der Waals surface area contributed by atoms with Crippen LogP contribution in [0.1, 0.15) is 17.5 Å². The van der Waals surface area contributed by atoms with E-state index in [1.165, 1.54) is 11.8 Å². The highest BCUT2D eigenvalue weighted by Crippen LogP contribution is 2.58. The van der Waals surface area contributed by atoms with Gasteiger partial charge in [-0.15, -0.1) is 0 Å². The summed E-state index contributed by atoms with van der Waals surface area (Å²) in [5.74, 6) is -1.06. The molecule has 0 unspecified atom stereocenters. The number of hydrogen-bond donors (Lipinski definition) is 2. The van der Waals surface area contributed by atoms with Crippen molar-refractivity contribution >= 4 is 34.8 Å². The highest BCUT2D eigenvalue weighted by molar-refractivity contribution is 8.09. The summed E-state index contributed by atoms with van der Waals surface area (Å²) in [4.78, 5) is 37.9. The summed E-state index contributed by atoms with van der Waals surface area (Å²) in [6, 6.07) is 11.2. The number of carbonyl (C=O) groups is 3. The average molecular weight is 441 g/mol. The lowest BCUT2D eigenvalue weighted by molar-refractivity contribution is -0.688. The first-order valence-corrected chi connectivity index (χ1v) is 10.5. The molecule has 2 aromatic rings.